The lowest BCUT2D eigenvalue weighted by Crippen LogP contribution is -2.24. The second-order valence-electron chi connectivity index (χ2n) is 3.13. The van der Waals surface area contributed by atoms with E-state index in [1.165, 1.54) is 0 Å². The summed E-state index contributed by atoms with van der Waals surface area (Å²) in [5, 5.41) is 0. The number of carbonyl (C=O) groups excluding carboxylic acids is 2. The van der Waals surface area contributed by atoms with E-state index >= 15 is 0 Å². The van der Waals surface area contributed by atoms with E-state index in [0.29, 0.717) is 5.56 Å². The fourth-order valence-electron chi connectivity index (χ4n) is 1.45. The lowest BCUT2D eigenvalue weighted by atomic mass is 10.1. The molecule has 0 bridgehead atoms. The number of nitrogens with zero attached hydrogens (tertiary/aromatic N) is 1. The number of hydrogen-bond donors (Lipinski definition) is 0. The summed E-state index contributed by atoms with van der Waals surface area (Å²) in [4.78, 5) is 24.2. The van der Waals surface area contributed by atoms with E-state index in [4.69, 9.17) is 0 Å². The third kappa shape index (κ3) is 1.35. The van der Waals surface area contributed by atoms with Crippen molar-refractivity contribution in [2.24, 2.45) is 0 Å². The van der Waals surface area contributed by atoms with Gasteiger partial charge in [-0.1, -0.05) is 12.1 Å². The molecule has 0 saturated carbocycles. The molecule has 0 amide bonds. The van der Waals surface area contributed by atoms with Crippen LogP contribution < -0.4 is 4.90 Å². The molecule has 1 aliphatic heterocycles. The minimum Gasteiger partial charge on any atom is -0.388 e. The standard InChI is InChI=1S/C10H9NO3/c1-11-6-9(12)14-10(13)7-4-2-3-5-8(7)11/h2-5H,6H2,1H3. The largest absolute Gasteiger partial charge is 0.388 e. The van der Waals surface area contributed by atoms with Crippen LogP contribution in [-0.2, 0) is 9.53 Å². The summed E-state index contributed by atoms with van der Waals surface area (Å²) >= 11 is 0. The third-order valence-electron chi connectivity index (χ3n) is 2.11. The molecule has 0 aliphatic carbocycles. The van der Waals surface area contributed by atoms with Crippen LogP contribution in [-0.4, -0.2) is 25.5 Å². The van der Waals surface area contributed by atoms with Crippen LogP contribution in [0.5, 0.6) is 0 Å². The summed E-state index contributed by atoms with van der Waals surface area (Å²) in [6.07, 6.45) is 0. The van der Waals surface area contributed by atoms with Gasteiger partial charge in [0.25, 0.3) is 0 Å². The van der Waals surface area contributed by atoms with Crippen LogP contribution in [0.25, 0.3) is 0 Å². The van der Waals surface area contributed by atoms with Gasteiger partial charge in [0.05, 0.1) is 11.3 Å². The molecule has 4 heteroatoms. The van der Waals surface area contributed by atoms with Gasteiger partial charge in [0.1, 0.15) is 6.54 Å². The zero-order valence-corrected chi connectivity index (χ0v) is 7.69. The lowest BCUT2D eigenvalue weighted by Gasteiger charge is -2.15. The molecule has 72 valence electrons. The van der Waals surface area contributed by atoms with E-state index in [0.717, 1.165) is 5.69 Å². The van der Waals surface area contributed by atoms with Gasteiger partial charge in [0.15, 0.2) is 0 Å². The van der Waals surface area contributed by atoms with Gasteiger partial charge in [0.2, 0.25) is 0 Å². The Morgan fingerprint density at radius 1 is 1.29 bits per heavy atom. The molecule has 0 fully saturated rings. The highest BCUT2D eigenvalue weighted by Crippen LogP contribution is 2.22. The van der Waals surface area contributed by atoms with E-state index < -0.39 is 11.9 Å². The maximum atomic E-state index is 11.4. The monoisotopic (exact) mass is 191 g/mol. The number of benzene rings is 1. The first-order valence-electron chi connectivity index (χ1n) is 4.23. The Morgan fingerprint density at radius 3 is 2.79 bits per heavy atom. The van der Waals surface area contributed by atoms with Gasteiger partial charge in [0, 0.05) is 7.05 Å². The highest BCUT2D eigenvalue weighted by molar-refractivity contribution is 6.04. The van der Waals surface area contributed by atoms with Gasteiger partial charge in [-0.05, 0) is 12.1 Å². The minimum absolute atomic E-state index is 0.1000. The van der Waals surface area contributed by atoms with E-state index in [-0.39, 0.29) is 6.54 Å². The molecule has 1 aromatic carbocycles. The van der Waals surface area contributed by atoms with Crippen LogP contribution >= 0.6 is 0 Å². The molecular weight excluding hydrogens is 182 g/mol. The van der Waals surface area contributed by atoms with Crippen molar-refractivity contribution in [3.8, 4) is 0 Å². The Balaban J connectivity index is 2.53. The molecule has 0 unspecified atom stereocenters. The molecule has 0 N–H and O–H groups in total. The van der Waals surface area contributed by atoms with E-state index in [9.17, 15) is 9.59 Å². The summed E-state index contributed by atoms with van der Waals surface area (Å²) in [6.45, 7) is 0.1000. The highest BCUT2D eigenvalue weighted by Gasteiger charge is 2.24. The minimum atomic E-state index is -0.574. The average Bonchev–Trinajstić information content (AvgIpc) is 2.26. The maximum Gasteiger partial charge on any atom is 0.347 e. The van der Waals surface area contributed by atoms with Gasteiger partial charge in [-0.3, -0.25) is 0 Å². The zero-order valence-electron chi connectivity index (χ0n) is 7.69. The number of hydrogen-bond acceptors (Lipinski definition) is 4. The fourth-order valence-corrected chi connectivity index (χ4v) is 1.45. The van der Waals surface area contributed by atoms with Gasteiger partial charge >= 0.3 is 11.9 Å². The van der Waals surface area contributed by atoms with Crippen LogP contribution in [0.2, 0.25) is 0 Å². The number of rotatable bonds is 0. The number of likely N-dealkylation sites (N-methyl/N-ethyl adjacent to an activating group) is 1. The summed E-state index contributed by atoms with van der Waals surface area (Å²) < 4.78 is 4.59. The first-order valence-corrected chi connectivity index (χ1v) is 4.23. The first kappa shape index (κ1) is 8.74. The van der Waals surface area contributed by atoms with E-state index in [1.807, 2.05) is 6.07 Å². The molecule has 4 nitrogen and oxygen atoms in total. The number of para-hydroxylation sites is 1. The van der Waals surface area contributed by atoms with Crippen molar-refractivity contribution in [1.82, 2.24) is 0 Å². The number of ether oxygens (including phenoxy) is 1. The van der Waals surface area contributed by atoms with Crippen molar-refractivity contribution in [1.29, 1.82) is 0 Å². The van der Waals surface area contributed by atoms with Crippen LogP contribution in [0.4, 0.5) is 5.69 Å². The SMILES string of the molecule is CN1CC(=O)OC(=O)c2ccccc21. The topological polar surface area (TPSA) is 46.6 Å². The molecule has 0 spiro atoms. The van der Waals surface area contributed by atoms with Gasteiger partial charge in [-0.25, -0.2) is 9.59 Å². The number of cyclic esters (lactones) is 2. The lowest BCUT2D eigenvalue weighted by molar-refractivity contribution is -0.136. The van der Waals surface area contributed by atoms with Crippen LogP contribution in [0.1, 0.15) is 10.4 Å². The Bertz CT molecular complexity index is 400. The quantitative estimate of drug-likeness (QED) is 0.450. The van der Waals surface area contributed by atoms with Crippen molar-refractivity contribution in [2.75, 3.05) is 18.5 Å². The number of anilines is 1. The third-order valence-corrected chi connectivity index (χ3v) is 2.11. The van der Waals surface area contributed by atoms with Gasteiger partial charge in [-0.15, -0.1) is 0 Å². The number of fused-ring (bicyclic) bond motifs is 1. The molecule has 1 aromatic rings. The summed E-state index contributed by atoms with van der Waals surface area (Å²) in [5.41, 5.74) is 1.16. The molecular formula is C10H9NO3. The summed E-state index contributed by atoms with van der Waals surface area (Å²) in [6, 6.07) is 6.99. The average molecular weight is 191 g/mol. The molecule has 1 aliphatic rings. The molecule has 0 aromatic heterocycles. The Labute approximate surface area is 81.1 Å². The molecule has 0 saturated heterocycles. The van der Waals surface area contributed by atoms with Crippen LogP contribution in [0, 0.1) is 0 Å². The Kier molecular flexibility index (Phi) is 1.96. The normalized spacial score (nSPS) is 15.9. The second kappa shape index (κ2) is 3.14. The number of esters is 2. The van der Waals surface area contributed by atoms with E-state index in [2.05, 4.69) is 4.74 Å². The predicted molar refractivity (Wildman–Crippen MR) is 50.1 cm³/mol. The Hall–Kier alpha value is -1.84. The Morgan fingerprint density at radius 2 is 2.00 bits per heavy atom. The predicted octanol–water partition coefficient (Wildman–Crippen LogP) is 0.820. The van der Waals surface area contributed by atoms with Crippen molar-refractivity contribution in [3.05, 3.63) is 29.8 Å². The maximum absolute atomic E-state index is 11.4. The van der Waals surface area contributed by atoms with E-state index in [1.54, 1.807) is 30.1 Å². The summed E-state index contributed by atoms with van der Waals surface area (Å²) in [7, 11) is 1.75. The zero-order chi connectivity index (χ0) is 10.1. The second-order valence-corrected chi connectivity index (χ2v) is 3.13. The highest BCUT2D eigenvalue weighted by atomic mass is 16.6. The summed E-state index contributed by atoms with van der Waals surface area (Å²) in [5.74, 6) is -1.09. The van der Waals surface area contributed by atoms with Crippen molar-refractivity contribution >= 4 is 17.6 Å². The van der Waals surface area contributed by atoms with Crippen molar-refractivity contribution < 1.29 is 14.3 Å². The molecule has 0 atom stereocenters. The molecule has 0 radical (unpaired) electrons. The van der Waals surface area contributed by atoms with Gasteiger partial charge < -0.3 is 9.64 Å². The first-order chi connectivity index (χ1) is 6.68. The molecule has 1 heterocycles. The van der Waals surface area contributed by atoms with Gasteiger partial charge in [-0.2, -0.15) is 0 Å². The fraction of sp³-hybridized carbons (Fsp3) is 0.200. The van der Waals surface area contributed by atoms with Crippen molar-refractivity contribution in [2.45, 2.75) is 0 Å². The smallest absolute Gasteiger partial charge is 0.347 e. The molecule has 2 rings (SSSR count). The van der Waals surface area contributed by atoms with Crippen molar-refractivity contribution in [3.63, 3.8) is 0 Å². The molecule has 14 heavy (non-hydrogen) atoms. The van der Waals surface area contributed by atoms with Crippen LogP contribution in [0.15, 0.2) is 24.3 Å². The number of carbonyl (C=O) groups is 2. The van der Waals surface area contributed by atoms with Crippen LogP contribution in [0.3, 0.4) is 0 Å².